The highest BCUT2D eigenvalue weighted by Gasteiger charge is 2.28. The summed E-state index contributed by atoms with van der Waals surface area (Å²) in [6.07, 6.45) is 1.72. The first-order chi connectivity index (χ1) is 9.95. The zero-order valence-electron chi connectivity index (χ0n) is 12.8. The number of rotatable bonds is 1. The number of carbonyl (C=O) groups excluding carboxylic acids is 1. The molecule has 1 fully saturated rings. The van der Waals surface area contributed by atoms with Crippen LogP contribution in [0.5, 0.6) is 0 Å². The average Bonchev–Trinajstić information content (AvgIpc) is 2.80. The van der Waals surface area contributed by atoms with Crippen molar-refractivity contribution in [1.29, 1.82) is 0 Å². The Labute approximate surface area is 123 Å². The number of fused-ring (bicyclic) bond motifs is 1. The maximum Gasteiger partial charge on any atom is 0.259 e. The van der Waals surface area contributed by atoms with Crippen LogP contribution in [0.2, 0.25) is 0 Å². The molecular formula is C15H20N4O2. The number of carbonyl (C=O) groups is 1. The lowest BCUT2D eigenvalue weighted by Gasteiger charge is -2.35. The molecule has 0 aromatic carbocycles. The summed E-state index contributed by atoms with van der Waals surface area (Å²) in [6.45, 7) is 9.06. The first-order valence-electron chi connectivity index (χ1n) is 7.22. The van der Waals surface area contributed by atoms with Crippen molar-refractivity contribution in [3.8, 4) is 0 Å². The second-order valence-electron chi connectivity index (χ2n) is 5.80. The van der Waals surface area contributed by atoms with Gasteiger partial charge in [-0.2, -0.15) is 5.10 Å². The lowest BCUT2D eigenvalue weighted by Crippen LogP contribution is -2.48. The molecule has 0 aliphatic carbocycles. The van der Waals surface area contributed by atoms with Gasteiger partial charge in [0.1, 0.15) is 5.56 Å². The Kier molecular flexibility index (Phi) is 3.41. The van der Waals surface area contributed by atoms with Crippen LogP contribution >= 0.6 is 0 Å². The van der Waals surface area contributed by atoms with Crippen LogP contribution in [0.1, 0.15) is 35.6 Å². The SMILES string of the molecule is Cc1cc(C)n2ncc(C(=O)N3C[C@@H](C)O[C@@H](C)C3)c2n1. The van der Waals surface area contributed by atoms with E-state index >= 15 is 0 Å². The van der Waals surface area contributed by atoms with Crippen LogP contribution in [-0.4, -0.2) is 50.7 Å². The minimum atomic E-state index is -0.0236. The van der Waals surface area contributed by atoms with E-state index < -0.39 is 0 Å². The lowest BCUT2D eigenvalue weighted by molar-refractivity contribution is -0.0585. The van der Waals surface area contributed by atoms with Gasteiger partial charge >= 0.3 is 0 Å². The topological polar surface area (TPSA) is 59.7 Å². The van der Waals surface area contributed by atoms with Crippen molar-refractivity contribution < 1.29 is 9.53 Å². The molecule has 6 heteroatoms. The number of aromatic nitrogens is 3. The van der Waals surface area contributed by atoms with E-state index in [2.05, 4.69) is 10.1 Å². The van der Waals surface area contributed by atoms with E-state index in [9.17, 15) is 4.79 Å². The Balaban J connectivity index is 1.98. The molecular weight excluding hydrogens is 268 g/mol. The Morgan fingerprint density at radius 3 is 2.62 bits per heavy atom. The third-order valence-corrected chi connectivity index (χ3v) is 3.72. The van der Waals surface area contributed by atoms with Gasteiger partial charge in [-0.25, -0.2) is 9.50 Å². The van der Waals surface area contributed by atoms with Gasteiger partial charge in [-0.15, -0.1) is 0 Å². The molecule has 112 valence electrons. The summed E-state index contributed by atoms with van der Waals surface area (Å²) < 4.78 is 7.40. The number of aryl methyl sites for hydroxylation is 2. The predicted octanol–water partition coefficient (Wildman–Crippen LogP) is 1.60. The molecule has 0 unspecified atom stereocenters. The van der Waals surface area contributed by atoms with Gasteiger partial charge in [0.2, 0.25) is 0 Å². The fourth-order valence-corrected chi connectivity index (χ4v) is 2.94. The number of hydrogen-bond acceptors (Lipinski definition) is 4. The number of ether oxygens (including phenoxy) is 1. The molecule has 2 aromatic rings. The maximum absolute atomic E-state index is 12.8. The molecule has 0 bridgehead atoms. The van der Waals surface area contributed by atoms with Gasteiger partial charge in [-0.05, 0) is 33.8 Å². The van der Waals surface area contributed by atoms with Crippen molar-refractivity contribution >= 4 is 11.6 Å². The first-order valence-corrected chi connectivity index (χ1v) is 7.22. The molecule has 3 heterocycles. The van der Waals surface area contributed by atoms with E-state index in [1.54, 1.807) is 10.7 Å². The minimum absolute atomic E-state index is 0.0236. The summed E-state index contributed by atoms with van der Waals surface area (Å²) in [7, 11) is 0. The molecule has 6 nitrogen and oxygen atoms in total. The van der Waals surface area contributed by atoms with Gasteiger partial charge in [0.25, 0.3) is 5.91 Å². The maximum atomic E-state index is 12.8. The third kappa shape index (κ3) is 2.51. The summed E-state index contributed by atoms with van der Waals surface area (Å²) in [5, 5.41) is 4.29. The van der Waals surface area contributed by atoms with E-state index in [4.69, 9.17) is 4.74 Å². The molecule has 0 radical (unpaired) electrons. The average molecular weight is 288 g/mol. The van der Waals surface area contributed by atoms with E-state index in [0.717, 1.165) is 11.4 Å². The highest BCUT2D eigenvalue weighted by Crippen LogP contribution is 2.18. The molecule has 1 saturated heterocycles. The van der Waals surface area contributed by atoms with Gasteiger partial charge in [0, 0.05) is 24.5 Å². The zero-order valence-corrected chi connectivity index (χ0v) is 12.8. The minimum Gasteiger partial charge on any atom is -0.372 e. The molecule has 3 rings (SSSR count). The van der Waals surface area contributed by atoms with Crippen LogP contribution in [0, 0.1) is 13.8 Å². The standard InChI is InChI=1S/C15H20N4O2/c1-9-5-10(2)19-14(17-9)13(6-16-19)15(20)18-7-11(3)21-12(4)8-18/h5-6,11-12H,7-8H2,1-4H3/t11-,12+. The fourth-order valence-electron chi connectivity index (χ4n) is 2.94. The number of hydrogen-bond donors (Lipinski definition) is 0. The molecule has 1 amide bonds. The number of morpholine rings is 1. The van der Waals surface area contributed by atoms with Gasteiger partial charge in [-0.1, -0.05) is 0 Å². The van der Waals surface area contributed by atoms with Crippen LogP contribution in [0.15, 0.2) is 12.3 Å². The quantitative estimate of drug-likeness (QED) is 0.799. The fraction of sp³-hybridized carbons (Fsp3) is 0.533. The lowest BCUT2D eigenvalue weighted by atomic mass is 10.2. The number of nitrogens with zero attached hydrogens (tertiary/aromatic N) is 4. The van der Waals surface area contributed by atoms with Crippen LogP contribution in [0.25, 0.3) is 5.65 Å². The largest absolute Gasteiger partial charge is 0.372 e. The van der Waals surface area contributed by atoms with E-state index in [1.165, 1.54) is 0 Å². The van der Waals surface area contributed by atoms with Crippen molar-refractivity contribution in [2.24, 2.45) is 0 Å². The van der Waals surface area contributed by atoms with E-state index in [0.29, 0.717) is 24.3 Å². The third-order valence-electron chi connectivity index (χ3n) is 3.72. The molecule has 21 heavy (non-hydrogen) atoms. The van der Waals surface area contributed by atoms with E-state index in [1.807, 2.05) is 38.7 Å². The molecule has 0 saturated carbocycles. The smallest absolute Gasteiger partial charge is 0.259 e. The molecule has 0 spiro atoms. The highest BCUT2D eigenvalue weighted by molar-refractivity contribution is 5.99. The zero-order chi connectivity index (χ0) is 15.1. The van der Waals surface area contributed by atoms with Crippen LogP contribution < -0.4 is 0 Å². The summed E-state index contributed by atoms with van der Waals surface area (Å²) >= 11 is 0. The van der Waals surface area contributed by atoms with Crippen molar-refractivity contribution in [1.82, 2.24) is 19.5 Å². The number of amides is 1. The Morgan fingerprint density at radius 1 is 1.29 bits per heavy atom. The summed E-state index contributed by atoms with van der Waals surface area (Å²) in [4.78, 5) is 19.1. The van der Waals surface area contributed by atoms with Gasteiger partial charge in [0.05, 0.1) is 18.4 Å². The Hall–Kier alpha value is -1.95. The Morgan fingerprint density at radius 2 is 1.95 bits per heavy atom. The molecule has 2 atom stereocenters. The van der Waals surface area contributed by atoms with Gasteiger partial charge in [-0.3, -0.25) is 4.79 Å². The predicted molar refractivity (Wildman–Crippen MR) is 78.4 cm³/mol. The van der Waals surface area contributed by atoms with Crippen LogP contribution in [0.4, 0.5) is 0 Å². The van der Waals surface area contributed by atoms with Gasteiger partial charge < -0.3 is 9.64 Å². The second kappa shape index (κ2) is 5.11. The van der Waals surface area contributed by atoms with E-state index in [-0.39, 0.29) is 18.1 Å². The molecule has 0 N–H and O–H groups in total. The van der Waals surface area contributed by atoms with Crippen molar-refractivity contribution in [2.75, 3.05) is 13.1 Å². The molecule has 1 aliphatic rings. The van der Waals surface area contributed by atoms with Crippen LogP contribution in [0.3, 0.4) is 0 Å². The Bertz CT molecular complexity index is 684. The second-order valence-corrected chi connectivity index (χ2v) is 5.80. The van der Waals surface area contributed by atoms with Crippen molar-refractivity contribution in [3.05, 3.63) is 29.2 Å². The summed E-state index contributed by atoms with van der Waals surface area (Å²) in [5.41, 5.74) is 3.05. The van der Waals surface area contributed by atoms with Crippen molar-refractivity contribution in [2.45, 2.75) is 39.9 Å². The highest BCUT2D eigenvalue weighted by atomic mass is 16.5. The molecule has 1 aliphatic heterocycles. The normalized spacial score (nSPS) is 22.8. The molecule has 2 aromatic heterocycles. The van der Waals surface area contributed by atoms with Crippen molar-refractivity contribution in [3.63, 3.8) is 0 Å². The summed E-state index contributed by atoms with van der Waals surface area (Å²) in [5.74, 6) is -0.0236. The monoisotopic (exact) mass is 288 g/mol. The first kappa shape index (κ1) is 14.0. The summed E-state index contributed by atoms with van der Waals surface area (Å²) in [6, 6.07) is 1.95. The van der Waals surface area contributed by atoms with Crippen LogP contribution in [-0.2, 0) is 4.74 Å². The van der Waals surface area contributed by atoms with Gasteiger partial charge in [0.15, 0.2) is 5.65 Å².